The molecule has 0 bridgehead atoms. The largest absolute Gasteiger partial charge is 0.352 e. The van der Waals surface area contributed by atoms with Gasteiger partial charge in [0.2, 0.25) is 10.0 Å². The highest BCUT2D eigenvalue weighted by atomic mass is 32.2. The van der Waals surface area contributed by atoms with Crippen molar-refractivity contribution in [1.29, 1.82) is 0 Å². The first-order valence-corrected chi connectivity index (χ1v) is 10.4. The zero-order valence-corrected chi connectivity index (χ0v) is 16.5. The number of nitrogens with one attached hydrogen (secondary N) is 2. The number of benzene rings is 2. The standard InChI is InChI=1S/C19H20N4O5S/c1-2-23-16-8-5-13(11-15(16)22-18(25)19(23)26)17(24)21-10-9-12-3-6-14(7-4-12)29(20,27)28/h3-8,11H,2,9-10H2,1H3,(H,21,24)(H,22,25)(H2,20,27,28). The topological polar surface area (TPSA) is 144 Å². The Kier molecular flexibility index (Phi) is 5.66. The number of aryl methyl sites for hydroxylation is 1. The Hall–Kier alpha value is -3.24. The van der Waals surface area contributed by atoms with Crippen LogP contribution in [0.4, 0.5) is 0 Å². The van der Waals surface area contributed by atoms with E-state index in [-0.39, 0.29) is 10.8 Å². The molecule has 0 fully saturated rings. The van der Waals surface area contributed by atoms with E-state index in [1.165, 1.54) is 22.8 Å². The summed E-state index contributed by atoms with van der Waals surface area (Å²) < 4.78 is 23.9. The number of amides is 1. The van der Waals surface area contributed by atoms with Crippen LogP contribution in [-0.2, 0) is 23.0 Å². The molecule has 10 heteroatoms. The van der Waals surface area contributed by atoms with Crippen molar-refractivity contribution in [3.05, 3.63) is 74.3 Å². The highest BCUT2D eigenvalue weighted by Gasteiger charge is 2.11. The summed E-state index contributed by atoms with van der Waals surface area (Å²) in [6, 6.07) is 10.8. The van der Waals surface area contributed by atoms with E-state index in [1.54, 1.807) is 31.2 Å². The Balaban J connectivity index is 1.71. The molecule has 29 heavy (non-hydrogen) atoms. The first kappa shape index (κ1) is 20.5. The molecular formula is C19H20N4O5S. The highest BCUT2D eigenvalue weighted by Crippen LogP contribution is 2.12. The third-order valence-electron chi connectivity index (χ3n) is 4.50. The predicted molar refractivity (Wildman–Crippen MR) is 108 cm³/mol. The molecule has 0 spiro atoms. The first-order valence-electron chi connectivity index (χ1n) is 8.87. The number of nitrogens with zero attached hydrogens (tertiary/aromatic N) is 1. The van der Waals surface area contributed by atoms with Crippen LogP contribution in [0.5, 0.6) is 0 Å². The number of aromatic amines is 1. The molecule has 152 valence electrons. The molecule has 1 heterocycles. The number of carbonyl (C=O) groups excluding carboxylic acids is 1. The fourth-order valence-electron chi connectivity index (χ4n) is 3.00. The minimum Gasteiger partial charge on any atom is -0.352 e. The molecule has 0 aliphatic carbocycles. The Morgan fingerprint density at radius 3 is 2.45 bits per heavy atom. The van der Waals surface area contributed by atoms with Gasteiger partial charge in [-0.15, -0.1) is 0 Å². The Labute approximate surface area is 166 Å². The quantitative estimate of drug-likeness (QED) is 0.496. The lowest BCUT2D eigenvalue weighted by molar-refractivity contribution is 0.0954. The molecule has 0 radical (unpaired) electrons. The van der Waals surface area contributed by atoms with Gasteiger partial charge in [0.25, 0.3) is 5.91 Å². The van der Waals surface area contributed by atoms with Gasteiger partial charge in [-0.2, -0.15) is 0 Å². The molecule has 3 aromatic rings. The number of hydrogen-bond acceptors (Lipinski definition) is 5. The number of rotatable bonds is 6. The van der Waals surface area contributed by atoms with Gasteiger partial charge < -0.3 is 14.9 Å². The lowest BCUT2D eigenvalue weighted by Gasteiger charge is -2.09. The van der Waals surface area contributed by atoms with E-state index in [1.807, 2.05) is 0 Å². The number of aromatic nitrogens is 2. The van der Waals surface area contributed by atoms with Crippen molar-refractivity contribution in [2.45, 2.75) is 24.8 Å². The second-order valence-corrected chi connectivity index (χ2v) is 7.99. The number of primary sulfonamides is 1. The lowest BCUT2D eigenvalue weighted by atomic mass is 10.1. The summed E-state index contributed by atoms with van der Waals surface area (Å²) in [6.07, 6.45) is 0.496. The summed E-state index contributed by atoms with van der Waals surface area (Å²) in [4.78, 5) is 38.6. The molecule has 0 unspecified atom stereocenters. The van der Waals surface area contributed by atoms with Gasteiger partial charge in [-0.1, -0.05) is 12.1 Å². The summed E-state index contributed by atoms with van der Waals surface area (Å²) in [5, 5.41) is 7.83. The van der Waals surface area contributed by atoms with Crippen LogP contribution in [0.3, 0.4) is 0 Å². The first-order chi connectivity index (χ1) is 13.7. The van der Waals surface area contributed by atoms with Crippen molar-refractivity contribution in [3.8, 4) is 0 Å². The molecule has 3 rings (SSSR count). The van der Waals surface area contributed by atoms with Crippen LogP contribution < -0.4 is 21.6 Å². The van der Waals surface area contributed by atoms with Crippen LogP contribution in [0, 0.1) is 0 Å². The fraction of sp³-hybridized carbons (Fsp3) is 0.211. The number of sulfonamides is 1. The molecule has 0 saturated carbocycles. The van der Waals surface area contributed by atoms with E-state index in [0.717, 1.165) is 5.56 Å². The molecule has 0 aliphatic rings. The summed E-state index contributed by atoms with van der Waals surface area (Å²) in [6.45, 7) is 2.43. The van der Waals surface area contributed by atoms with E-state index in [0.29, 0.717) is 36.1 Å². The van der Waals surface area contributed by atoms with Crippen molar-refractivity contribution in [3.63, 3.8) is 0 Å². The fourth-order valence-corrected chi connectivity index (χ4v) is 3.52. The third-order valence-corrected chi connectivity index (χ3v) is 5.43. The number of nitrogens with two attached hydrogens (primary N) is 1. The summed E-state index contributed by atoms with van der Waals surface area (Å²) >= 11 is 0. The lowest BCUT2D eigenvalue weighted by Crippen LogP contribution is -2.36. The van der Waals surface area contributed by atoms with Crippen molar-refractivity contribution >= 4 is 27.0 Å². The molecule has 4 N–H and O–H groups in total. The SMILES string of the molecule is CCn1c(=O)c(=O)[nH]c2cc(C(=O)NCCc3ccc(S(N)(=O)=O)cc3)ccc21. The number of fused-ring (bicyclic) bond motifs is 1. The maximum atomic E-state index is 12.4. The van der Waals surface area contributed by atoms with Crippen LogP contribution >= 0.6 is 0 Å². The highest BCUT2D eigenvalue weighted by molar-refractivity contribution is 7.89. The molecule has 9 nitrogen and oxygen atoms in total. The van der Waals surface area contributed by atoms with Gasteiger partial charge in [0.05, 0.1) is 15.9 Å². The van der Waals surface area contributed by atoms with Crippen molar-refractivity contribution in [1.82, 2.24) is 14.9 Å². The molecule has 1 amide bonds. The van der Waals surface area contributed by atoms with E-state index < -0.39 is 21.1 Å². The average Bonchev–Trinajstić information content (AvgIpc) is 2.68. The molecule has 2 aromatic carbocycles. The minimum atomic E-state index is -3.73. The molecule has 1 aromatic heterocycles. The second-order valence-electron chi connectivity index (χ2n) is 6.43. The van der Waals surface area contributed by atoms with Gasteiger partial charge in [0.1, 0.15) is 0 Å². The van der Waals surface area contributed by atoms with Crippen LogP contribution in [0.2, 0.25) is 0 Å². The maximum absolute atomic E-state index is 12.4. The minimum absolute atomic E-state index is 0.0287. The molecular weight excluding hydrogens is 396 g/mol. The van der Waals surface area contributed by atoms with E-state index in [2.05, 4.69) is 10.3 Å². The van der Waals surface area contributed by atoms with Gasteiger partial charge in [-0.05, 0) is 49.2 Å². The number of H-pyrrole nitrogens is 1. The van der Waals surface area contributed by atoms with Crippen LogP contribution in [0.25, 0.3) is 11.0 Å². The molecule has 0 atom stereocenters. The van der Waals surface area contributed by atoms with Crippen LogP contribution in [0.1, 0.15) is 22.8 Å². The molecule has 0 aliphatic heterocycles. The predicted octanol–water partition coefficient (Wildman–Crippen LogP) is 0.330. The van der Waals surface area contributed by atoms with Gasteiger partial charge >= 0.3 is 11.1 Å². The van der Waals surface area contributed by atoms with E-state index >= 15 is 0 Å². The smallest absolute Gasteiger partial charge is 0.316 e. The normalized spacial score (nSPS) is 11.5. The zero-order chi connectivity index (χ0) is 21.2. The Morgan fingerprint density at radius 1 is 1.14 bits per heavy atom. The molecule has 0 saturated heterocycles. The third kappa shape index (κ3) is 4.44. The van der Waals surface area contributed by atoms with Crippen molar-refractivity contribution in [2.24, 2.45) is 5.14 Å². The Bertz CT molecular complexity index is 1290. The number of hydrogen-bond donors (Lipinski definition) is 3. The van der Waals surface area contributed by atoms with E-state index in [9.17, 15) is 22.8 Å². The average molecular weight is 416 g/mol. The summed E-state index contributed by atoms with van der Waals surface area (Å²) in [7, 11) is -3.73. The maximum Gasteiger partial charge on any atom is 0.316 e. The Morgan fingerprint density at radius 2 is 1.83 bits per heavy atom. The van der Waals surface area contributed by atoms with Crippen molar-refractivity contribution in [2.75, 3.05) is 6.54 Å². The van der Waals surface area contributed by atoms with Gasteiger partial charge in [-0.25, -0.2) is 13.6 Å². The van der Waals surface area contributed by atoms with Crippen LogP contribution in [-0.4, -0.2) is 30.4 Å². The van der Waals surface area contributed by atoms with Gasteiger partial charge in [-0.3, -0.25) is 14.4 Å². The second kappa shape index (κ2) is 8.02. The summed E-state index contributed by atoms with van der Waals surface area (Å²) in [5.74, 6) is -0.330. The van der Waals surface area contributed by atoms with Crippen molar-refractivity contribution < 1.29 is 13.2 Å². The number of carbonyl (C=O) groups is 1. The van der Waals surface area contributed by atoms with Gasteiger partial charge in [0, 0.05) is 18.7 Å². The van der Waals surface area contributed by atoms with Crippen LogP contribution in [0.15, 0.2) is 56.9 Å². The van der Waals surface area contributed by atoms with Gasteiger partial charge in [0.15, 0.2) is 0 Å². The monoisotopic (exact) mass is 416 g/mol. The zero-order valence-electron chi connectivity index (χ0n) is 15.6. The summed E-state index contributed by atoms with van der Waals surface area (Å²) in [5.41, 5.74) is 0.767. The van der Waals surface area contributed by atoms with E-state index in [4.69, 9.17) is 5.14 Å².